The summed E-state index contributed by atoms with van der Waals surface area (Å²) >= 11 is 9.04. The molecule has 19 heavy (non-hydrogen) atoms. The molecule has 98 valence electrons. The van der Waals surface area contributed by atoms with Gasteiger partial charge in [0.25, 0.3) is 5.91 Å². The standard InChI is InChI=1S/C12H8BrClN2O3/c13-6-4-7(11(14)15-5-6)16-12(19)10-8(17)2-1-3-9(10)18/h1-5,17-18H,(H,16,19). The highest BCUT2D eigenvalue weighted by Gasteiger charge is 2.17. The number of rotatable bonds is 2. The van der Waals surface area contributed by atoms with Crippen molar-refractivity contribution in [3.63, 3.8) is 0 Å². The van der Waals surface area contributed by atoms with Gasteiger partial charge in [-0.2, -0.15) is 0 Å². The van der Waals surface area contributed by atoms with E-state index >= 15 is 0 Å². The average Bonchev–Trinajstić information content (AvgIpc) is 2.33. The number of nitrogens with zero attached hydrogens (tertiary/aromatic N) is 1. The Morgan fingerprint density at radius 2 is 1.95 bits per heavy atom. The molecule has 1 amide bonds. The van der Waals surface area contributed by atoms with Crippen LogP contribution in [0.4, 0.5) is 5.69 Å². The van der Waals surface area contributed by atoms with Crippen molar-refractivity contribution in [3.8, 4) is 11.5 Å². The number of phenols is 2. The molecule has 3 N–H and O–H groups in total. The Kier molecular flexibility index (Phi) is 3.92. The summed E-state index contributed by atoms with van der Waals surface area (Å²) in [7, 11) is 0. The van der Waals surface area contributed by atoms with E-state index in [2.05, 4.69) is 26.2 Å². The smallest absolute Gasteiger partial charge is 0.263 e. The van der Waals surface area contributed by atoms with Crippen LogP contribution in [0.15, 0.2) is 34.9 Å². The van der Waals surface area contributed by atoms with E-state index in [0.29, 0.717) is 4.47 Å². The van der Waals surface area contributed by atoms with E-state index in [1.54, 1.807) is 6.07 Å². The largest absolute Gasteiger partial charge is 0.507 e. The van der Waals surface area contributed by atoms with Gasteiger partial charge in [-0.1, -0.05) is 17.7 Å². The molecule has 0 saturated carbocycles. The zero-order valence-corrected chi connectivity index (χ0v) is 11.7. The van der Waals surface area contributed by atoms with Gasteiger partial charge in [0.2, 0.25) is 0 Å². The number of aromatic nitrogens is 1. The summed E-state index contributed by atoms with van der Waals surface area (Å²) in [6.45, 7) is 0. The third-order valence-corrected chi connectivity index (χ3v) is 3.04. The third-order valence-electron chi connectivity index (χ3n) is 2.30. The normalized spacial score (nSPS) is 10.2. The average molecular weight is 344 g/mol. The molecular formula is C12H8BrClN2O3. The summed E-state index contributed by atoms with van der Waals surface area (Å²) in [6, 6.07) is 5.59. The first-order valence-electron chi connectivity index (χ1n) is 5.12. The van der Waals surface area contributed by atoms with Crippen molar-refractivity contribution in [2.45, 2.75) is 0 Å². The molecule has 1 aromatic carbocycles. The summed E-state index contributed by atoms with van der Waals surface area (Å²) in [5.41, 5.74) is 0.0437. The van der Waals surface area contributed by atoms with Gasteiger partial charge >= 0.3 is 0 Å². The lowest BCUT2D eigenvalue weighted by Crippen LogP contribution is -2.13. The molecule has 1 heterocycles. The van der Waals surface area contributed by atoms with Gasteiger partial charge in [-0.3, -0.25) is 4.79 Å². The fourth-order valence-electron chi connectivity index (χ4n) is 1.46. The number of pyridine rings is 1. The molecule has 0 fully saturated rings. The molecule has 1 aromatic heterocycles. The number of carbonyl (C=O) groups excluding carboxylic acids is 1. The maximum Gasteiger partial charge on any atom is 0.263 e. The van der Waals surface area contributed by atoms with Crippen LogP contribution in [0.25, 0.3) is 0 Å². The Hall–Kier alpha value is -1.79. The Bertz CT molecular complexity index is 629. The van der Waals surface area contributed by atoms with Crippen molar-refractivity contribution in [2.75, 3.05) is 5.32 Å². The number of amides is 1. The molecule has 0 radical (unpaired) electrons. The second-order valence-electron chi connectivity index (χ2n) is 3.62. The number of phenolic OH excluding ortho intramolecular Hbond substituents is 2. The number of nitrogens with one attached hydrogen (secondary N) is 1. The second-order valence-corrected chi connectivity index (χ2v) is 4.89. The number of aromatic hydroxyl groups is 2. The quantitative estimate of drug-likeness (QED) is 0.732. The molecule has 0 spiro atoms. The number of hydrogen-bond donors (Lipinski definition) is 3. The Labute approximate surface area is 122 Å². The summed E-state index contributed by atoms with van der Waals surface area (Å²) < 4.78 is 0.633. The highest BCUT2D eigenvalue weighted by Crippen LogP contribution is 2.29. The summed E-state index contributed by atoms with van der Waals surface area (Å²) in [5.74, 6) is -1.33. The minimum atomic E-state index is -0.683. The molecule has 0 aliphatic rings. The van der Waals surface area contributed by atoms with Gasteiger partial charge in [0.05, 0.1) is 5.69 Å². The first-order valence-corrected chi connectivity index (χ1v) is 6.29. The van der Waals surface area contributed by atoms with Crippen LogP contribution in [0.2, 0.25) is 5.15 Å². The number of benzene rings is 1. The molecule has 0 unspecified atom stereocenters. The number of carbonyl (C=O) groups is 1. The predicted octanol–water partition coefficient (Wildman–Crippen LogP) is 3.16. The third kappa shape index (κ3) is 2.97. The lowest BCUT2D eigenvalue weighted by molar-refractivity contribution is 0.102. The van der Waals surface area contributed by atoms with Crippen molar-refractivity contribution >= 4 is 39.1 Å². The molecule has 5 nitrogen and oxygen atoms in total. The number of hydrogen-bond acceptors (Lipinski definition) is 4. The van der Waals surface area contributed by atoms with Crippen LogP contribution in [-0.4, -0.2) is 21.1 Å². The van der Waals surface area contributed by atoms with Gasteiger partial charge in [-0.05, 0) is 34.1 Å². The van der Waals surface area contributed by atoms with Gasteiger partial charge in [-0.15, -0.1) is 0 Å². The van der Waals surface area contributed by atoms with E-state index in [4.69, 9.17) is 11.6 Å². The number of halogens is 2. The fraction of sp³-hybridized carbons (Fsp3) is 0. The van der Waals surface area contributed by atoms with E-state index in [9.17, 15) is 15.0 Å². The fourth-order valence-corrected chi connectivity index (χ4v) is 1.94. The summed E-state index contributed by atoms with van der Waals surface area (Å²) in [5, 5.41) is 21.7. The first-order chi connectivity index (χ1) is 8.99. The monoisotopic (exact) mass is 342 g/mol. The molecule has 2 aromatic rings. The SMILES string of the molecule is O=C(Nc1cc(Br)cnc1Cl)c1c(O)cccc1O. The van der Waals surface area contributed by atoms with Gasteiger partial charge < -0.3 is 15.5 Å². The Morgan fingerprint density at radius 3 is 2.58 bits per heavy atom. The van der Waals surface area contributed by atoms with Crippen molar-refractivity contribution in [2.24, 2.45) is 0 Å². The van der Waals surface area contributed by atoms with E-state index in [1.165, 1.54) is 24.4 Å². The highest BCUT2D eigenvalue weighted by atomic mass is 79.9. The van der Waals surface area contributed by atoms with Crippen molar-refractivity contribution in [1.29, 1.82) is 0 Å². The van der Waals surface area contributed by atoms with Crippen molar-refractivity contribution < 1.29 is 15.0 Å². The van der Waals surface area contributed by atoms with Crippen LogP contribution in [0.5, 0.6) is 11.5 Å². The van der Waals surface area contributed by atoms with Crippen LogP contribution in [0.3, 0.4) is 0 Å². The molecule has 0 aliphatic heterocycles. The molecule has 0 aliphatic carbocycles. The maximum absolute atomic E-state index is 12.0. The van der Waals surface area contributed by atoms with Crippen LogP contribution in [0, 0.1) is 0 Å². The van der Waals surface area contributed by atoms with Crippen LogP contribution in [-0.2, 0) is 0 Å². The van der Waals surface area contributed by atoms with Crippen LogP contribution >= 0.6 is 27.5 Å². The molecule has 0 saturated heterocycles. The van der Waals surface area contributed by atoms with E-state index < -0.39 is 5.91 Å². The molecule has 2 rings (SSSR count). The molecule has 0 atom stereocenters. The van der Waals surface area contributed by atoms with Gasteiger partial charge in [-0.25, -0.2) is 4.98 Å². The minimum absolute atomic E-state index is 0.103. The van der Waals surface area contributed by atoms with Gasteiger partial charge in [0, 0.05) is 10.7 Å². The summed E-state index contributed by atoms with van der Waals surface area (Å²) in [4.78, 5) is 15.8. The predicted molar refractivity (Wildman–Crippen MR) is 74.7 cm³/mol. The summed E-state index contributed by atoms with van der Waals surface area (Å²) in [6.07, 6.45) is 1.48. The minimum Gasteiger partial charge on any atom is -0.507 e. The number of anilines is 1. The van der Waals surface area contributed by atoms with Crippen LogP contribution < -0.4 is 5.32 Å². The second kappa shape index (κ2) is 5.46. The Morgan fingerprint density at radius 1 is 1.32 bits per heavy atom. The van der Waals surface area contributed by atoms with Gasteiger partial charge in [0.1, 0.15) is 17.1 Å². The van der Waals surface area contributed by atoms with Gasteiger partial charge in [0.15, 0.2) is 5.15 Å². The van der Waals surface area contributed by atoms with E-state index in [0.717, 1.165) is 0 Å². The zero-order valence-electron chi connectivity index (χ0n) is 9.39. The molecule has 7 heteroatoms. The van der Waals surface area contributed by atoms with Crippen molar-refractivity contribution in [1.82, 2.24) is 4.98 Å². The lowest BCUT2D eigenvalue weighted by atomic mass is 10.1. The van der Waals surface area contributed by atoms with Crippen LogP contribution in [0.1, 0.15) is 10.4 Å². The first kappa shape index (κ1) is 13.6. The zero-order chi connectivity index (χ0) is 14.0. The topological polar surface area (TPSA) is 82.5 Å². The van der Waals surface area contributed by atoms with Crippen molar-refractivity contribution in [3.05, 3.63) is 45.7 Å². The Balaban J connectivity index is 2.34. The highest BCUT2D eigenvalue weighted by molar-refractivity contribution is 9.10. The van der Waals surface area contributed by atoms with E-state index in [1.807, 2.05) is 0 Å². The lowest BCUT2D eigenvalue weighted by Gasteiger charge is -2.09. The molecule has 0 bridgehead atoms. The maximum atomic E-state index is 12.0. The molecular weight excluding hydrogens is 336 g/mol. The van der Waals surface area contributed by atoms with E-state index in [-0.39, 0.29) is 27.9 Å².